The molecule has 39 heavy (non-hydrogen) atoms. The van der Waals surface area contributed by atoms with Gasteiger partial charge in [-0.25, -0.2) is 4.98 Å². The minimum absolute atomic E-state index is 0.315. The Kier molecular flexibility index (Phi) is 8.42. The van der Waals surface area contributed by atoms with Gasteiger partial charge in [0.2, 0.25) is 5.95 Å². The summed E-state index contributed by atoms with van der Waals surface area (Å²) < 4.78 is 51.9. The van der Waals surface area contributed by atoms with Crippen LogP contribution in [-0.2, 0) is 17.5 Å². The first-order chi connectivity index (χ1) is 19.0. The van der Waals surface area contributed by atoms with E-state index in [1.54, 1.807) is 10.9 Å². The standard InChI is InChI=1S/C27H30F3N7O2/c28-27(29,30)21-8-6-20(7-9-21)18-37-19-33-23-24(31-11-15-39-22-4-2-1-3-5-22)34-26(35-25(23)37)32-10-12-36-13-16-38-17-14-36/h1-9,19H,10-18H2,(H2,31,32,34,35). The van der Waals surface area contributed by atoms with Crippen LogP contribution in [0.15, 0.2) is 60.9 Å². The van der Waals surface area contributed by atoms with Crippen molar-refractivity contribution in [2.75, 3.05) is 63.2 Å². The number of benzene rings is 2. The van der Waals surface area contributed by atoms with Crippen LogP contribution in [0.3, 0.4) is 0 Å². The molecule has 0 unspecified atom stereocenters. The van der Waals surface area contributed by atoms with Crippen molar-refractivity contribution in [2.24, 2.45) is 0 Å². The second-order valence-electron chi connectivity index (χ2n) is 9.10. The molecule has 0 radical (unpaired) electrons. The number of imidazole rings is 1. The SMILES string of the molecule is FC(F)(F)c1ccc(Cn2cnc3c(NCCOc4ccccc4)nc(NCCN4CCOCC4)nc32)cc1. The monoisotopic (exact) mass is 541 g/mol. The first-order valence-corrected chi connectivity index (χ1v) is 12.8. The molecule has 4 aromatic rings. The number of aromatic nitrogens is 4. The Morgan fingerprint density at radius 3 is 2.44 bits per heavy atom. The van der Waals surface area contributed by atoms with Gasteiger partial charge < -0.3 is 24.7 Å². The molecule has 0 spiro atoms. The summed E-state index contributed by atoms with van der Waals surface area (Å²) in [5, 5.41) is 6.60. The van der Waals surface area contributed by atoms with E-state index in [4.69, 9.17) is 14.5 Å². The Bertz CT molecular complexity index is 1340. The zero-order valence-electron chi connectivity index (χ0n) is 21.3. The van der Waals surface area contributed by atoms with Gasteiger partial charge in [-0.3, -0.25) is 4.90 Å². The molecular formula is C27H30F3N7O2. The van der Waals surface area contributed by atoms with Gasteiger partial charge in [0, 0.05) is 26.2 Å². The molecule has 12 heteroatoms. The Hall–Kier alpha value is -3.90. The van der Waals surface area contributed by atoms with Crippen molar-refractivity contribution in [3.05, 3.63) is 72.1 Å². The highest BCUT2D eigenvalue weighted by Crippen LogP contribution is 2.29. The van der Waals surface area contributed by atoms with Gasteiger partial charge in [0.15, 0.2) is 17.0 Å². The van der Waals surface area contributed by atoms with Crippen LogP contribution in [0, 0.1) is 0 Å². The van der Waals surface area contributed by atoms with Crippen LogP contribution in [0.25, 0.3) is 11.2 Å². The summed E-state index contributed by atoms with van der Waals surface area (Å²) >= 11 is 0. The number of halogens is 3. The number of alkyl halides is 3. The molecule has 1 aliphatic heterocycles. The number of hydrogen-bond donors (Lipinski definition) is 2. The number of ether oxygens (including phenoxy) is 2. The number of para-hydroxylation sites is 1. The third-order valence-electron chi connectivity index (χ3n) is 6.32. The van der Waals surface area contributed by atoms with E-state index in [-0.39, 0.29) is 0 Å². The molecule has 2 aromatic heterocycles. The van der Waals surface area contributed by atoms with Crippen molar-refractivity contribution in [1.29, 1.82) is 0 Å². The fourth-order valence-electron chi connectivity index (χ4n) is 4.26. The predicted molar refractivity (Wildman–Crippen MR) is 142 cm³/mol. The highest BCUT2D eigenvalue weighted by molar-refractivity contribution is 5.84. The van der Waals surface area contributed by atoms with Crippen LogP contribution in [0.1, 0.15) is 11.1 Å². The third-order valence-corrected chi connectivity index (χ3v) is 6.32. The third kappa shape index (κ3) is 7.15. The van der Waals surface area contributed by atoms with Crippen LogP contribution >= 0.6 is 0 Å². The fraction of sp³-hybridized carbons (Fsp3) is 0.370. The molecule has 0 atom stereocenters. The van der Waals surface area contributed by atoms with Gasteiger partial charge in [-0.15, -0.1) is 0 Å². The van der Waals surface area contributed by atoms with E-state index in [0.29, 0.717) is 54.7 Å². The average Bonchev–Trinajstić information content (AvgIpc) is 3.34. The number of nitrogens with zero attached hydrogens (tertiary/aromatic N) is 5. The van der Waals surface area contributed by atoms with E-state index < -0.39 is 11.7 Å². The zero-order valence-corrected chi connectivity index (χ0v) is 21.3. The predicted octanol–water partition coefficient (Wildman–Crippen LogP) is 4.13. The lowest BCUT2D eigenvalue weighted by atomic mass is 10.1. The lowest BCUT2D eigenvalue weighted by molar-refractivity contribution is -0.137. The van der Waals surface area contributed by atoms with Gasteiger partial charge in [0.1, 0.15) is 12.4 Å². The Labute approximate surface area is 224 Å². The molecule has 2 N–H and O–H groups in total. The molecule has 9 nitrogen and oxygen atoms in total. The number of anilines is 2. The maximum absolute atomic E-state index is 13.0. The quantitative estimate of drug-likeness (QED) is 0.274. The van der Waals surface area contributed by atoms with Gasteiger partial charge in [0.25, 0.3) is 0 Å². The smallest absolute Gasteiger partial charge is 0.416 e. The second kappa shape index (κ2) is 12.3. The molecule has 2 aromatic carbocycles. The van der Waals surface area contributed by atoms with Gasteiger partial charge in [-0.1, -0.05) is 30.3 Å². The molecule has 0 aliphatic carbocycles. The van der Waals surface area contributed by atoms with Crippen molar-refractivity contribution in [3.8, 4) is 5.75 Å². The zero-order chi connectivity index (χ0) is 27.1. The Morgan fingerprint density at radius 1 is 0.923 bits per heavy atom. The van der Waals surface area contributed by atoms with Crippen LogP contribution in [0.5, 0.6) is 5.75 Å². The van der Waals surface area contributed by atoms with Crippen molar-refractivity contribution >= 4 is 22.9 Å². The lowest BCUT2D eigenvalue weighted by Crippen LogP contribution is -2.39. The second-order valence-corrected chi connectivity index (χ2v) is 9.10. The van der Waals surface area contributed by atoms with Gasteiger partial charge in [0.05, 0.1) is 38.2 Å². The van der Waals surface area contributed by atoms with E-state index in [1.807, 2.05) is 30.3 Å². The molecular weight excluding hydrogens is 511 g/mol. The molecule has 1 fully saturated rings. The van der Waals surface area contributed by atoms with Crippen molar-refractivity contribution in [2.45, 2.75) is 12.7 Å². The van der Waals surface area contributed by atoms with Crippen molar-refractivity contribution in [1.82, 2.24) is 24.4 Å². The van der Waals surface area contributed by atoms with E-state index in [2.05, 4.69) is 25.5 Å². The van der Waals surface area contributed by atoms with Crippen LogP contribution in [0.4, 0.5) is 24.9 Å². The Morgan fingerprint density at radius 2 is 1.69 bits per heavy atom. The number of nitrogens with one attached hydrogen (secondary N) is 2. The minimum atomic E-state index is -4.37. The molecule has 3 heterocycles. The van der Waals surface area contributed by atoms with Crippen LogP contribution in [0.2, 0.25) is 0 Å². The summed E-state index contributed by atoms with van der Waals surface area (Å²) in [6.07, 6.45) is -2.75. The van der Waals surface area contributed by atoms with Crippen molar-refractivity contribution in [3.63, 3.8) is 0 Å². The van der Waals surface area contributed by atoms with E-state index in [9.17, 15) is 13.2 Å². The topological polar surface area (TPSA) is 89.4 Å². The van der Waals surface area contributed by atoms with Crippen LogP contribution in [-0.4, -0.2) is 77.0 Å². The maximum atomic E-state index is 13.0. The molecule has 1 aliphatic rings. The molecule has 206 valence electrons. The first-order valence-electron chi connectivity index (χ1n) is 12.8. The largest absolute Gasteiger partial charge is 0.492 e. The number of rotatable bonds is 11. The number of morpholine rings is 1. The normalized spacial score (nSPS) is 14.4. The number of fused-ring (bicyclic) bond motifs is 1. The van der Waals surface area contributed by atoms with Gasteiger partial charge in [-0.05, 0) is 29.8 Å². The molecule has 0 amide bonds. The number of hydrogen-bond acceptors (Lipinski definition) is 8. The molecule has 0 saturated carbocycles. The fourth-order valence-corrected chi connectivity index (χ4v) is 4.26. The Balaban J connectivity index is 1.32. The maximum Gasteiger partial charge on any atom is 0.416 e. The van der Waals surface area contributed by atoms with Gasteiger partial charge in [-0.2, -0.15) is 23.1 Å². The average molecular weight is 542 g/mol. The molecule has 0 bridgehead atoms. The first kappa shape index (κ1) is 26.7. The summed E-state index contributed by atoms with van der Waals surface area (Å²) in [6, 6.07) is 14.6. The molecule has 1 saturated heterocycles. The van der Waals surface area contributed by atoms with E-state index in [1.165, 1.54) is 12.1 Å². The summed E-state index contributed by atoms with van der Waals surface area (Å²) in [7, 11) is 0. The molecule has 5 rings (SSSR count). The van der Waals surface area contributed by atoms with E-state index in [0.717, 1.165) is 50.7 Å². The summed E-state index contributed by atoms with van der Waals surface area (Å²) in [5.74, 6) is 1.77. The summed E-state index contributed by atoms with van der Waals surface area (Å²) in [6.45, 7) is 5.91. The minimum Gasteiger partial charge on any atom is -0.492 e. The lowest BCUT2D eigenvalue weighted by Gasteiger charge is -2.26. The summed E-state index contributed by atoms with van der Waals surface area (Å²) in [5.41, 5.74) is 1.17. The highest BCUT2D eigenvalue weighted by Gasteiger charge is 2.30. The summed E-state index contributed by atoms with van der Waals surface area (Å²) in [4.78, 5) is 16.2. The van der Waals surface area contributed by atoms with Crippen molar-refractivity contribution < 1.29 is 22.6 Å². The van der Waals surface area contributed by atoms with Gasteiger partial charge >= 0.3 is 6.18 Å². The van der Waals surface area contributed by atoms with Crippen LogP contribution < -0.4 is 15.4 Å². The highest BCUT2D eigenvalue weighted by atomic mass is 19.4. The van der Waals surface area contributed by atoms with E-state index >= 15 is 0 Å².